The second kappa shape index (κ2) is 5.84. The van der Waals surface area contributed by atoms with Crippen LogP contribution in [0.15, 0.2) is 18.2 Å². The van der Waals surface area contributed by atoms with Gasteiger partial charge < -0.3 is 21.1 Å². The van der Waals surface area contributed by atoms with Crippen LogP contribution in [0.5, 0.6) is 0 Å². The lowest BCUT2D eigenvalue weighted by Gasteiger charge is -2.18. The van der Waals surface area contributed by atoms with Crippen molar-refractivity contribution in [3.8, 4) is 0 Å². The number of nitrogens with two attached hydrogens (primary N) is 1. The van der Waals surface area contributed by atoms with Crippen LogP contribution in [0.1, 0.15) is 30.6 Å². The Morgan fingerprint density at radius 2 is 2.00 bits per heavy atom. The highest BCUT2D eigenvalue weighted by Crippen LogP contribution is 2.23. The molecule has 0 aliphatic rings. The second-order valence-electron chi connectivity index (χ2n) is 3.84. The summed E-state index contributed by atoms with van der Waals surface area (Å²) in [6.07, 6.45) is -0.980. The number of aliphatic hydroxyl groups excluding tert-OH is 3. The molecule has 1 rings (SSSR count). The minimum absolute atomic E-state index is 0.145. The maximum absolute atomic E-state index is 9.83. The molecule has 2 atom stereocenters. The Kier molecular flexibility index (Phi) is 4.73. The van der Waals surface area contributed by atoms with Gasteiger partial charge in [-0.25, -0.2) is 0 Å². The number of aliphatic hydroxyl groups is 3. The van der Waals surface area contributed by atoms with E-state index in [-0.39, 0.29) is 13.0 Å². The van der Waals surface area contributed by atoms with E-state index >= 15 is 0 Å². The maximum atomic E-state index is 9.83. The van der Waals surface area contributed by atoms with Gasteiger partial charge in [0.25, 0.3) is 0 Å². The number of nitrogen functional groups attached to an aromatic ring is 1. The minimum atomic E-state index is -0.974. The molecule has 0 aromatic heterocycles. The Labute approximate surface area is 95.3 Å². The van der Waals surface area contributed by atoms with Gasteiger partial charge in [-0.2, -0.15) is 0 Å². The molecular weight excluding hydrogens is 206 g/mol. The molecule has 0 fully saturated rings. The predicted octanol–water partition coefficient (Wildman–Crippen LogP) is 0.608. The van der Waals surface area contributed by atoms with Crippen molar-refractivity contribution in [2.45, 2.75) is 32.0 Å². The molecule has 2 unspecified atom stereocenters. The summed E-state index contributed by atoms with van der Waals surface area (Å²) < 4.78 is 0. The van der Waals surface area contributed by atoms with Crippen LogP contribution in [-0.4, -0.2) is 28.0 Å². The average molecular weight is 225 g/mol. The van der Waals surface area contributed by atoms with Crippen LogP contribution in [0, 0.1) is 0 Å². The number of rotatable bonds is 5. The maximum Gasteiger partial charge on any atom is 0.105 e. The fourth-order valence-electron chi connectivity index (χ4n) is 1.63. The molecule has 0 spiro atoms. The van der Waals surface area contributed by atoms with E-state index in [9.17, 15) is 10.2 Å². The van der Waals surface area contributed by atoms with Crippen LogP contribution in [-0.2, 0) is 6.42 Å². The van der Waals surface area contributed by atoms with Crippen LogP contribution in [0.2, 0.25) is 0 Å². The third kappa shape index (κ3) is 2.95. The molecular formula is C12H19NO3. The molecule has 0 radical (unpaired) electrons. The summed E-state index contributed by atoms with van der Waals surface area (Å²) >= 11 is 0. The highest BCUT2D eigenvalue weighted by atomic mass is 16.3. The lowest BCUT2D eigenvalue weighted by atomic mass is 9.98. The van der Waals surface area contributed by atoms with Crippen LogP contribution < -0.4 is 5.73 Å². The highest BCUT2D eigenvalue weighted by Gasteiger charge is 2.18. The summed E-state index contributed by atoms with van der Waals surface area (Å²) in [5.41, 5.74) is 8.02. The molecule has 1 aromatic carbocycles. The van der Waals surface area contributed by atoms with E-state index in [4.69, 9.17) is 10.8 Å². The zero-order chi connectivity index (χ0) is 12.1. The number of aryl methyl sites for hydroxylation is 1. The SMILES string of the molecule is CCc1cc(C(O)C(O)CCO)ccc1N. The van der Waals surface area contributed by atoms with E-state index in [1.54, 1.807) is 18.2 Å². The predicted molar refractivity (Wildman–Crippen MR) is 62.9 cm³/mol. The lowest BCUT2D eigenvalue weighted by molar-refractivity contribution is 0.00419. The van der Waals surface area contributed by atoms with Crippen molar-refractivity contribution < 1.29 is 15.3 Å². The zero-order valence-electron chi connectivity index (χ0n) is 9.43. The normalized spacial score (nSPS) is 14.8. The first-order valence-corrected chi connectivity index (χ1v) is 5.45. The Hall–Kier alpha value is -1.10. The molecule has 4 nitrogen and oxygen atoms in total. The van der Waals surface area contributed by atoms with Gasteiger partial charge in [0.05, 0.1) is 6.10 Å². The summed E-state index contributed by atoms with van der Waals surface area (Å²) in [5.74, 6) is 0. The molecule has 4 heteroatoms. The first-order chi connectivity index (χ1) is 7.60. The zero-order valence-corrected chi connectivity index (χ0v) is 9.43. The first kappa shape index (κ1) is 13.0. The third-order valence-electron chi connectivity index (χ3n) is 2.68. The van der Waals surface area contributed by atoms with Gasteiger partial charge in [0.1, 0.15) is 6.10 Å². The molecule has 0 bridgehead atoms. The Bertz CT molecular complexity index is 341. The largest absolute Gasteiger partial charge is 0.399 e. The summed E-state index contributed by atoms with van der Waals surface area (Å²) in [6.45, 7) is 1.83. The molecule has 0 saturated heterocycles. The summed E-state index contributed by atoms with van der Waals surface area (Å²) in [7, 11) is 0. The summed E-state index contributed by atoms with van der Waals surface area (Å²) in [4.78, 5) is 0. The van der Waals surface area contributed by atoms with Crippen molar-refractivity contribution in [1.82, 2.24) is 0 Å². The summed E-state index contributed by atoms with van der Waals surface area (Å²) in [6, 6.07) is 5.21. The lowest BCUT2D eigenvalue weighted by Crippen LogP contribution is -2.19. The van der Waals surface area contributed by atoms with Gasteiger partial charge >= 0.3 is 0 Å². The van der Waals surface area contributed by atoms with E-state index in [1.165, 1.54) is 0 Å². The quantitative estimate of drug-likeness (QED) is 0.553. The van der Waals surface area contributed by atoms with Crippen molar-refractivity contribution in [1.29, 1.82) is 0 Å². The topological polar surface area (TPSA) is 86.7 Å². The van der Waals surface area contributed by atoms with Gasteiger partial charge in [-0.15, -0.1) is 0 Å². The van der Waals surface area contributed by atoms with E-state index < -0.39 is 12.2 Å². The molecule has 0 aliphatic heterocycles. The molecule has 0 amide bonds. The fraction of sp³-hybridized carbons (Fsp3) is 0.500. The average Bonchev–Trinajstić information content (AvgIpc) is 2.29. The van der Waals surface area contributed by atoms with E-state index in [0.29, 0.717) is 11.3 Å². The van der Waals surface area contributed by atoms with E-state index in [2.05, 4.69) is 0 Å². The van der Waals surface area contributed by atoms with Gasteiger partial charge in [-0.1, -0.05) is 19.1 Å². The minimum Gasteiger partial charge on any atom is -0.399 e. The Morgan fingerprint density at radius 3 is 2.56 bits per heavy atom. The third-order valence-corrected chi connectivity index (χ3v) is 2.68. The Morgan fingerprint density at radius 1 is 1.31 bits per heavy atom. The molecule has 0 aliphatic carbocycles. The summed E-state index contributed by atoms with van der Waals surface area (Å²) in [5, 5.41) is 28.1. The number of hydrogen-bond donors (Lipinski definition) is 4. The fourth-order valence-corrected chi connectivity index (χ4v) is 1.63. The standard InChI is InChI=1S/C12H19NO3/c1-2-8-7-9(3-4-10(8)13)12(16)11(15)5-6-14/h3-4,7,11-12,14-16H,2,5-6,13H2,1H3. The molecule has 0 saturated carbocycles. The van der Waals surface area contributed by atoms with Gasteiger partial charge in [-0.05, 0) is 30.0 Å². The van der Waals surface area contributed by atoms with Crippen LogP contribution in [0.25, 0.3) is 0 Å². The van der Waals surface area contributed by atoms with Gasteiger partial charge in [-0.3, -0.25) is 0 Å². The van der Waals surface area contributed by atoms with Crippen LogP contribution in [0.3, 0.4) is 0 Å². The molecule has 0 heterocycles. The van der Waals surface area contributed by atoms with Crippen molar-refractivity contribution >= 4 is 5.69 Å². The van der Waals surface area contributed by atoms with Crippen molar-refractivity contribution in [2.24, 2.45) is 0 Å². The highest BCUT2D eigenvalue weighted by molar-refractivity contribution is 5.49. The van der Waals surface area contributed by atoms with Gasteiger partial charge in [0.2, 0.25) is 0 Å². The number of hydrogen-bond acceptors (Lipinski definition) is 4. The second-order valence-corrected chi connectivity index (χ2v) is 3.84. The molecule has 1 aromatic rings. The van der Waals surface area contributed by atoms with Crippen LogP contribution >= 0.6 is 0 Å². The molecule has 16 heavy (non-hydrogen) atoms. The van der Waals surface area contributed by atoms with Crippen molar-refractivity contribution in [2.75, 3.05) is 12.3 Å². The molecule has 5 N–H and O–H groups in total. The Balaban J connectivity index is 2.87. The molecule has 90 valence electrons. The van der Waals surface area contributed by atoms with Gasteiger partial charge in [0.15, 0.2) is 0 Å². The van der Waals surface area contributed by atoms with E-state index in [1.807, 2.05) is 6.92 Å². The van der Waals surface area contributed by atoms with E-state index in [0.717, 1.165) is 12.0 Å². The number of benzene rings is 1. The number of anilines is 1. The van der Waals surface area contributed by atoms with Gasteiger partial charge in [0, 0.05) is 12.3 Å². The van der Waals surface area contributed by atoms with Crippen molar-refractivity contribution in [3.05, 3.63) is 29.3 Å². The van der Waals surface area contributed by atoms with Crippen molar-refractivity contribution in [3.63, 3.8) is 0 Å². The smallest absolute Gasteiger partial charge is 0.105 e. The monoisotopic (exact) mass is 225 g/mol. The first-order valence-electron chi connectivity index (χ1n) is 5.45. The van der Waals surface area contributed by atoms with Crippen LogP contribution in [0.4, 0.5) is 5.69 Å².